The first kappa shape index (κ1) is 16.3. The summed E-state index contributed by atoms with van der Waals surface area (Å²) in [6.45, 7) is 0. The van der Waals surface area contributed by atoms with E-state index < -0.39 is 0 Å². The van der Waals surface area contributed by atoms with Crippen molar-refractivity contribution in [3.8, 4) is 11.4 Å². The average Bonchev–Trinajstić information content (AvgIpc) is 2.78. The Morgan fingerprint density at radius 3 is 2.14 bits per heavy atom. The average molecular weight is 360 g/mol. The molecule has 0 bridgehead atoms. The van der Waals surface area contributed by atoms with Crippen molar-refractivity contribution < 1.29 is 4.79 Å². The number of carbonyl (C=O) groups is 1. The van der Waals surface area contributed by atoms with Gasteiger partial charge in [-0.25, -0.2) is 9.97 Å². The van der Waals surface area contributed by atoms with Crippen LogP contribution in [0.1, 0.15) is 16.1 Å². The number of aromatic nitrogens is 2. The van der Waals surface area contributed by atoms with Gasteiger partial charge in [-0.3, -0.25) is 4.79 Å². The molecule has 0 saturated carbocycles. The fourth-order valence-electron chi connectivity index (χ4n) is 3.52. The quantitative estimate of drug-likeness (QED) is 0.389. The SMILES string of the molecule is O=C(c1cccc2ccccc12)c1nc(-c2ccccc2)nc2ccccc12. The maximum atomic E-state index is 13.6. The largest absolute Gasteiger partial charge is 0.287 e. The number of fused-ring (bicyclic) bond motifs is 2. The van der Waals surface area contributed by atoms with E-state index in [1.54, 1.807) is 0 Å². The molecule has 3 nitrogen and oxygen atoms in total. The minimum absolute atomic E-state index is 0.0902. The van der Waals surface area contributed by atoms with E-state index >= 15 is 0 Å². The molecule has 0 unspecified atom stereocenters. The van der Waals surface area contributed by atoms with Crippen LogP contribution in [0.3, 0.4) is 0 Å². The first-order valence-electron chi connectivity index (χ1n) is 9.16. The van der Waals surface area contributed by atoms with E-state index in [4.69, 9.17) is 4.98 Å². The zero-order chi connectivity index (χ0) is 18.9. The number of carbonyl (C=O) groups excluding carboxylic acids is 1. The van der Waals surface area contributed by atoms with Crippen molar-refractivity contribution in [3.05, 3.63) is 108 Å². The van der Waals surface area contributed by atoms with Gasteiger partial charge < -0.3 is 0 Å². The van der Waals surface area contributed by atoms with Crippen LogP contribution in [-0.4, -0.2) is 15.8 Å². The van der Waals surface area contributed by atoms with E-state index in [0.717, 1.165) is 27.2 Å². The number of para-hydroxylation sites is 1. The summed E-state index contributed by atoms with van der Waals surface area (Å²) in [6, 6.07) is 31.1. The van der Waals surface area contributed by atoms with Crippen molar-refractivity contribution >= 4 is 27.5 Å². The topological polar surface area (TPSA) is 42.9 Å². The number of nitrogens with zero attached hydrogens (tertiary/aromatic N) is 2. The van der Waals surface area contributed by atoms with Gasteiger partial charge in [0.15, 0.2) is 5.82 Å². The fraction of sp³-hybridized carbons (Fsp3) is 0. The first-order valence-corrected chi connectivity index (χ1v) is 9.16. The molecule has 0 spiro atoms. The van der Waals surface area contributed by atoms with Crippen molar-refractivity contribution in [1.29, 1.82) is 0 Å². The highest BCUT2D eigenvalue weighted by atomic mass is 16.1. The molecule has 1 aromatic heterocycles. The van der Waals surface area contributed by atoms with Crippen LogP contribution in [-0.2, 0) is 0 Å². The standard InChI is InChI=1S/C25H16N2O/c28-24(20-15-8-12-17-9-4-5-13-19(17)20)23-21-14-6-7-16-22(21)26-25(27-23)18-10-2-1-3-11-18/h1-16H. The van der Waals surface area contributed by atoms with Crippen LogP contribution in [0.5, 0.6) is 0 Å². The molecule has 0 fully saturated rings. The lowest BCUT2D eigenvalue weighted by Crippen LogP contribution is -2.08. The lowest BCUT2D eigenvalue weighted by molar-refractivity contribution is 0.103. The molecule has 0 atom stereocenters. The van der Waals surface area contributed by atoms with Gasteiger partial charge in [0.05, 0.1) is 5.52 Å². The Labute approximate surface area is 162 Å². The van der Waals surface area contributed by atoms with E-state index in [2.05, 4.69) is 4.98 Å². The van der Waals surface area contributed by atoms with Gasteiger partial charge in [-0.15, -0.1) is 0 Å². The minimum Gasteiger partial charge on any atom is -0.287 e. The summed E-state index contributed by atoms with van der Waals surface area (Å²) in [4.78, 5) is 22.9. The van der Waals surface area contributed by atoms with Crippen LogP contribution in [0.25, 0.3) is 33.1 Å². The Morgan fingerprint density at radius 1 is 0.607 bits per heavy atom. The second-order valence-electron chi connectivity index (χ2n) is 6.63. The van der Waals surface area contributed by atoms with Crippen LogP contribution in [0, 0.1) is 0 Å². The van der Waals surface area contributed by atoms with Crippen molar-refractivity contribution in [2.24, 2.45) is 0 Å². The smallest absolute Gasteiger partial charge is 0.212 e. The summed E-state index contributed by atoms with van der Waals surface area (Å²) in [5.74, 6) is 0.468. The third-order valence-corrected chi connectivity index (χ3v) is 4.88. The van der Waals surface area contributed by atoms with Gasteiger partial charge in [0.25, 0.3) is 0 Å². The number of hydrogen-bond acceptors (Lipinski definition) is 3. The molecule has 1 heterocycles. The molecular formula is C25H16N2O. The Morgan fingerprint density at radius 2 is 1.29 bits per heavy atom. The molecule has 0 saturated heterocycles. The summed E-state index contributed by atoms with van der Waals surface area (Å²) in [5.41, 5.74) is 2.74. The summed E-state index contributed by atoms with van der Waals surface area (Å²) in [7, 11) is 0. The molecule has 5 rings (SSSR count). The summed E-state index contributed by atoms with van der Waals surface area (Å²) < 4.78 is 0. The molecule has 0 radical (unpaired) electrons. The van der Waals surface area contributed by atoms with E-state index in [1.807, 2.05) is 97.1 Å². The number of benzene rings is 4. The Balaban J connectivity index is 1.77. The lowest BCUT2D eigenvalue weighted by atomic mass is 9.98. The minimum atomic E-state index is -0.0902. The predicted octanol–water partition coefficient (Wildman–Crippen LogP) is 5.68. The zero-order valence-electron chi connectivity index (χ0n) is 15.0. The van der Waals surface area contributed by atoms with Gasteiger partial charge in [-0.1, -0.05) is 91.0 Å². The molecule has 0 amide bonds. The van der Waals surface area contributed by atoms with Crippen molar-refractivity contribution in [2.75, 3.05) is 0 Å². The molecule has 0 aliphatic carbocycles. The molecule has 28 heavy (non-hydrogen) atoms. The van der Waals surface area contributed by atoms with Gasteiger partial charge in [0, 0.05) is 16.5 Å². The molecule has 132 valence electrons. The molecule has 4 aromatic carbocycles. The number of ketones is 1. The highest BCUT2D eigenvalue weighted by Crippen LogP contribution is 2.26. The Hall–Kier alpha value is -3.85. The number of rotatable bonds is 3. The molecule has 0 N–H and O–H groups in total. The van der Waals surface area contributed by atoms with E-state index in [0.29, 0.717) is 17.1 Å². The van der Waals surface area contributed by atoms with Crippen LogP contribution < -0.4 is 0 Å². The second-order valence-corrected chi connectivity index (χ2v) is 6.63. The van der Waals surface area contributed by atoms with Gasteiger partial charge in [-0.2, -0.15) is 0 Å². The first-order chi connectivity index (χ1) is 13.8. The van der Waals surface area contributed by atoms with E-state index in [9.17, 15) is 4.79 Å². The summed E-state index contributed by atoms with van der Waals surface area (Å²) >= 11 is 0. The van der Waals surface area contributed by atoms with Crippen molar-refractivity contribution in [1.82, 2.24) is 9.97 Å². The fourth-order valence-corrected chi connectivity index (χ4v) is 3.52. The third-order valence-electron chi connectivity index (χ3n) is 4.88. The monoisotopic (exact) mass is 360 g/mol. The van der Waals surface area contributed by atoms with Crippen LogP contribution in [0.15, 0.2) is 97.1 Å². The third kappa shape index (κ3) is 2.74. The zero-order valence-corrected chi connectivity index (χ0v) is 15.0. The van der Waals surface area contributed by atoms with Crippen LogP contribution in [0.4, 0.5) is 0 Å². The maximum Gasteiger partial charge on any atom is 0.212 e. The van der Waals surface area contributed by atoms with Crippen molar-refractivity contribution in [3.63, 3.8) is 0 Å². The Kier molecular flexibility index (Phi) is 3.91. The van der Waals surface area contributed by atoms with Crippen LogP contribution >= 0.6 is 0 Å². The molecule has 0 aliphatic heterocycles. The highest BCUT2D eigenvalue weighted by molar-refractivity contribution is 6.20. The highest BCUT2D eigenvalue weighted by Gasteiger charge is 2.19. The van der Waals surface area contributed by atoms with Gasteiger partial charge in [0.1, 0.15) is 5.69 Å². The van der Waals surface area contributed by atoms with Crippen molar-refractivity contribution in [2.45, 2.75) is 0 Å². The second kappa shape index (κ2) is 6.71. The number of hydrogen-bond donors (Lipinski definition) is 0. The Bertz CT molecular complexity index is 1320. The lowest BCUT2D eigenvalue weighted by Gasteiger charge is -2.10. The summed E-state index contributed by atoms with van der Waals surface area (Å²) in [6.07, 6.45) is 0. The van der Waals surface area contributed by atoms with Gasteiger partial charge >= 0.3 is 0 Å². The maximum absolute atomic E-state index is 13.6. The summed E-state index contributed by atoms with van der Waals surface area (Å²) in [5, 5.41) is 2.73. The normalized spacial score (nSPS) is 11.0. The molecule has 3 heteroatoms. The van der Waals surface area contributed by atoms with Crippen LogP contribution in [0.2, 0.25) is 0 Å². The predicted molar refractivity (Wildman–Crippen MR) is 112 cm³/mol. The molecular weight excluding hydrogens is 344 g/mol. The van der Waals surface area contributed by atoms with Gasteiger partial charge in [-0.05, 0) is 16.8 Å². The van der Waals surface area contributed by atoms with E-state index in [1.165, 1.54) is 0 Å². The molecule has 5 aromatic rings. The molecule has 0 aliphatic rings. The van der Waals surface area contributed by atoms with Gasteiger partial charge in [0.2, 0.25) is 5.78 Å². The van der Waals surface area contributed by atoms with E-state index in [-0.39, 0.29) is 5.78 Å².